The number of carbonyl (C=O) groups is 1. The van der Waals surface area contributed by atoms with E-state index in [0.717, 1.165) is 11.1 Å². The monoisotopic (exact) mass is 327 g/mol. The van der Waals surface area contributed by atoms with Gasteiger partial charge in [0.2, 0.25) is 0 Å². The number of rotatable bonds is 6. The summed E-state index contributed by atoms with van der Waals surface area (Å²) in [6, 6.07) is 11.6. The standard InChI is InChI=1S/C18H17NO5/c1-13-6-8-17(23-2)15(10-13)12-24-18(20)9-7-14-4-3-5-16(11-14)19(21)22/h3-11H,12H2,1-2H3/b9-7+. The molecular weight excluding hydrogens is 310 g/mol. The second-order valence-electron chi connectivity index (χ2n) is 5.11. The van der Waals surface area contributed by atoms with E-state index in [-0.39, 0.29) is 12.3 Å². The molecule has 0 radical (unpaired) electrons. The Labute approximate surface area is 139 Å². The molecular formula is C18H17NO5. The third kappa shape index (κ3) is 4.67. The molecule has 0 heterocycles. The van der Waals surface area contributed by atoms with E-state index >= 15 is 0 Å². The Balaban J connectivity index is 2.00. The summed E-state index contributed by atoms with van der Waals surface area (Å²) in [4.78, 5) is 22.0. The minimum absolute atomic E-state index is 0.0324. The van der Waals surface area contributed by atoms with E-state index in [2.05, 4.69) is 0 Å². The minimum Gasteiger partial charge on any atom is -0.496 e. The molecule has 0 bridgehead atoms. The normalized spacial score (nSPS) is 10.6. The number of esters is 1. The Bertz CT molecular complexity index is 783. The molecule has 2 rings (SSSR count). The van der Waals surface area contributed by atoms with Crippen LogP contribution in [-0.4, -0.2) is 18.0 Å². The average Bonchev–Trinajstić information content (AvgIpc) is 2.58. The van der Waals surface area contributed by atoms with Crippen molar-refractivity contribution >= 4 is 17.7 Å². The Morgan fingerprint density at radius 2 is 2.04 bits per heavy atom. The molecule has 6 nitrogen and oxygen atoms in total. The van der Waals surface area contributed by atoms with Crippen molar-refractivity contribution in [1.82, 2.24) is 0 Å². The first-order valence-electron chi connectivity index (χ1n) is 7.22. The number of carbonyl (C=O) groups excluding carboxylic acids is 1. The van der Waals surface area contributed by atoms with E-state index in [1.807, 2.05) is 25.1 Å². The summed E-state index contributed by atoms with van der Waals surface area (Å²) in [6.45, 7) is 2.02. The molecule has 0 N–H and O–H groups in total. The molecule has 2 aromatic carbocycles. The molecule has 124 valence electrons. The lowest BCUT2D eigenvalue weighted by Crippen LogP contribution is -2.02. The van der Waals surface area contributed by atoms with Crippen LogP contribution >= 0.6 is 0 Å². The molecule has 0 unspecified atom stereocenters. The summed E-state index contributed by atoms with van der Waals surface area (Å²) in [5.74, 6) is 0.112. The number of aryl methyl sites for hydroxylation is 1. The summed E-state index contributed by atoms with van der Waals surface area (Å²) in [5, 5.41) is 10.7. The number of benzene rings is 2. The van der Waals surface area contributed by atoms with Crippen molar-refractivity contribution < 1.29 is 19.2 Å². The van der Waals surface area contributed by atoms with Gasteiger partial charge in [-0.1, -0.05) is 23.8 Å². The van der Waals surface area contributed by atoms with Crippen LogP contribution in [-0.2, 0) is 16.1 Å². The fourth-order valence-electron chi connectivity index (χ4n) is 2.12. The van der Waals surface area contributed by atoms with E-state index in [9.17, 15) is 14.9 Å². The summed E-state index contributed by atoms with van der Waals surface area (Å²) in [5.41, 5.74) is 2.33. The molecule has 0 aliphatic carbocycles. The van der Waals surface area contributed by atoms with Crippen molar-refractivity contribution in [3.63, 3.8) is 0 Å². The Morgan fingerprint density at radius 1 is 1.25 bits per heavy atom. The number of nitrogens with zero attached hydrogens (tertiary/aromatic N) is 1. The van der Waals surface area contributed by atoms with Gasteiger partial charge in [-0.2, -0.15) is 0 Å². The van der Waals surface area contributed by atoms with Crippen molar-refractivity contribution in [2.75, 3.05) is 7.11 Å². The predicted molar refractivity (Wildman–Crippen MR) is 89.7 cm³/mol. The zero-order valence-corrected chi connectivity index (χ0v) is 13.4. The van der Waals surface area contributed by atoms with Crippen molar-refractivity contribution in [2.24, 2.45) is 0 Å². The lowest BCUT2D eigenvalue weighted by molar-refractivity contribution is -0.384. The van der Waals surface area contributed by atoms with Gasteiger partial charge < -0.3 is 9.47 Å². The van der Waals surface area contributed by atoms with Gasteiger partial charge in [-0.3, -0.25) is 10.1 Å². The van der Waals surface area contributed by atoms with Gasteiger partial charge in [-0.05, 0) is 30.7 Å². The van der Waals surface area contributed by atoms with Gasteiger partial charge in [0.25, 0.3) is 5.69 Å². The van der Waals surface area contributed by atoms with Crippen LogP contribution in [0, 0.1) is 17.0 Å². The van der Waals surface area contributed by atoms with Crippen molar-refractivity contribution in [1.29, 1.82) is 0 Å². The molecule has 0 fully saturated rings. The van der Waals surface area contributed by atoms with Gasteiger partial charge in [-0.15, -0.1) is 0 Å². The molecule has 6 heteroatoms. The summed E-state index contributed by atoms with van der Waals surface area (Å²) in [6.07, 6.45) is 2.71. The fourth-order valence-corrected chi connectivity index (χ4v) is 2.12. The molecule has 0 saturated carbocycles. The number of hydrogen-bond acceptors (Lipinski definition) is 5. The molecule has 0 atom stereocenters. The minimum atomic E-state index is -0.537. The van der Waals surface area contributed by atoms with Crippen LogP contribution in [0.2, 0.25) is 0 Å². The number of nitro benzene ring substituents is 1. The number of hydrogen-bond donors (Lipinski definition) is 0. The summed E-state index contributed by atoms with van der Waals surface area (Å²) in [7, 11) is 1.55. The van der Waals surface area contributed by atoms with Gasteiger partial charge in [0.15, 0.2) is 0 Å². The van der Waals surface area contributed by atoms with E-state index in [1.165, 1.54) is 24.3 Å². The Morgan fingerprint density at radius 3 is 2.75 bits per heavy atom. The number of nitro groups is 1. The second kappa shape index (κ2) is 7.92. The maximum absolute atomic E-state index is 11.8. The second-order valence-corrected chi connectivity index (χ2v) is 5.11. The molecule has 0 amide bonds. The number of non-ortho nitro benzene ring substituents is 1. The molecule has 2 aromatic rings. The highest BCUT2D eigenvalue weighted by Crippen LogP contribution is 2.20. The first-order valence-corrected chi connectivity index (χ1v) is 7.22. The third-order valence-corrected chi connectivity index (χ3v) is 3.30. The summed E-state index contributed by atoms with van der Waals surface area (Å²) < 4.78 is 10.4. The highest BCUT2D eigenvalue weighted by atomic mass is 16.6. The van der Waals surface area contributed by atoms with Crippen molar-refractivity contribution in [3.05, 3.63) is 75.3 Å². The van der Waals surface area contributed by atoms with Crippen molar-refractivity contribution in [3.8, 4) is 5.75 Å². The van der Waals surface area contributed by atoms with E-state index in [4.69, 9.17) is 9.47 Å². The van der Waals surface area contributed by atoms with Crippen LogP contribution in [0.5, 0.6) is 5.75 Å². The highest BCUT2D eigenvalue weighted by Gasteiger charge is 2.07. The van der Waals surface area contributed by atoms with E-state index < -0.39 is 10.9 Å². The predicted octanol–water partition coefficient (Wildman–Crippen LogP) is 3.67. The van der Waals surface area contributed by atoms with Crippen LogP contribution in [0.3, 0.4) is 0 Å². The third-order valence-electron chi connectivity index (χ3n) is 3.30. The highest BCUT2D eigenvalue weighted by molar-refractivity contribution is 5.87. The van der Waals surface area contributed by atoms with Gasteiger partial charge in [-0.25, -0.2) is 4.79 Å². The van der Waals surface area contributed by atoms with Crippen LogP contribution in [0.4, 0.5) is 5.69 Å². The molecule has 0 aromatic heterocycles. The largest absolute Gasteiger partial charge is 0.496 e. The topological polar surface area (TPSA) is 78.7 Å². The maximum Gasteiger partial charge on any atom is 0.331 e. The maximum atomic E-state index is 11.8. The number of ether oxygens (including phenoxy) is 2. The Hall–Kier alpha value is -3.15. The molecule has 0 aliphatic heterocycles. The molecule has 0 saturated heterocycles. The van der Waals surface area contributed by atoms with Crippen LogP contribution in [0.15, 0.2) is 48.5 Å². The molecule has 0 aliphatic rings. The van der Waals surface area contributed by atoms with E-state index in [1.54, 1.807) is 19.2 Å². The SMILES string of the molecule is COc1ccc(C)cc1COC(=O)/C=C/c1cccc([N+](=O)[O-])c1. The smallest absolute Gasteiger partial charge is 0.331 e. The quantitative estimate of drug-likeness (QED) is 0.350. The molecule has 24 heavy (non-hydrogen) atoms. The average molecular weight is 327 g/mol. The van der Waals surface area contributed by atoms with Gasteiger partial charge >= 0.3 is 5.97 Å². The summed E-state index contributed by atoms with van der Waals surface area (Å²) >= 11 is 0. The van der Waals surface area contributed by atoms with Gasteiger partial charge in [0.05, 0.1) is 12.0 Å². The number of methoxy groups -OCH3 is 1. The van der Waals surface area contributed by atoms with Crippen LogP contribution in [0.25, 0.3) is 6.08 Å². The zero-order valence-electron chi connectivity index (χ0n) is 13.4. The van der Waals surface area contributed by atoms with Gasteiger partial charge in [0.1, 0.15) is 12.4 Å². The first-order chi connectivity index (χ1) is 11.5. The zero-order chi connectivity index (χ0) is 17.5. The fraction of sp³-hybridized carbons (Fsp3) is 0.167. The van der Waals surface area contributed by atoms with Crippen LogP contribution in [0.1, 0.15) is 16.7 Å². The lowest BCUT2D eigenvalue weighted by atomic mass is 10.1. The lowest BCUT2D eigenvalue weighted by Gasteiger charge is -2.09. The van der Waals surface area contributed by atoms with Crippen molar-refractivity contribution in [2.45, 2.75) is 13.5 Å². The first kappa shape index (κ1) is 17.2. The van der Waals surface area contributed by atoms with Crippen LogP contribution < -0.4 is 4.74 Å². The Kier molecular flexibility index (Phi) is 5.68. The van der Waals surface area contributed by atoms with E-state index in [0.29, 0.717) is 11.3 Å². The molecule has 0 spiro atoms. The van der Waals surface area contributed by atoms with Gasteiger partial charge in [0, 0.05) is 23.8 Å².